The van der Waals surface area contributed by atoms with Crippen molar-refractivity contribution in [3.05, 3.63) is 21.9 Å². The fraction of sp³-hybridized carbons (Fsp3) is 0.571. The molecule has 9 nitrogen and oxygen atoms in total. The van der Waals surface area contributed by atoms with Crippen molar-refractivity contribution < 1.29 is 32.4 Å². The van der Waals surface area contributed by atoms with Gasteiger partial charge in [0.05, 0.1) is 24.0 Å². The second-order valence-corrected chi connectivity index (χ2v) is 6.07. The summed E-state index contributed by atoms with van der Waals surface area (Å²) < 4.78 is 49.9. The largest absolute Gasteiger partial charge is 0.477 e. The minimum absolute atomic E-state index is 0.0181. The number of carbonyl (C=O) groups is 1. The number of hydrogen-bond donors (Lipinski definition) is 1. The van der Waals surface area contributed by atoms with Crippen molar-refractivity contribution in [2.45, 2.75) is 25.1 Å². The predicted octanol–water partition coefficient (Wildman–Crippen LogP) is 1.78. The van der Waals surface area contributed by atoms with Crippen molar-refractivity contribution in [3.8, 4) is 5.88 Å². The highest BCUT2D eigenvalue weighted by Crippen LogP contribution is 2.43. The van der Waals surface area contributed by atoms with E-state index >= 15 is 0 Å². The summed E-state index contributed by atoms with van der Waals surface area (Å²) in [6.07, 6.45) is -6.11. The van der Waals surface area contributed by atoms with E-state index in [0.717, 1.165) is 6.20 Å². The molecule has 1 aromatic heterocycles. The molecule has 0 radical (unpaired) electrons. The van der Waals surface area contributed by atoms with Crippen LogP contribution in [-0.2, 0) is 11.2 Å². The smallest absolute Gasteiger partial charge is 0.404 e. The molecule has 0 unspecified atom stereocenters. The quantitative estimate of drug-likeness (QED) is 0.630. The first-order valence-corrected chi connectivity index (χ1v) is 7.73. The van der Waals surface area contributed by atoms with Crippen LogP contribution in [0.3, 0.4) is 0 Å². The summed E-state index contributed by atoms with van der Waals surface area (Å²) in [7, 11) is 0. The Labute approximate surface area is 145 Å². The maximum Gasteiger partial charge on any atom is 0.404 e. The number of primary amides is 1. The zero-order valence-corrected chi connectivity index (χ0v) is 13.4. The average Bonchev–Trinajstić information content (AvgIpc) is 3.00. The Morgan fingerprint density at radius 2 is 2.19 bits per heavy atom. The van der Waals surface area contributed by atoms with Crippen molar-refractivity contribution >= 4 is 17.5 Å². The summed E-state index contributed by atoms with van der Waals surface area (Å²) in [5.41, 5.74) is 4.90. The number of anilines is 1. The molecule has 26 heavy (non-hydrogen) atoms. The molecule has 1 fully saturated rings. The van der Waals surface area contributed by atoms with Gasteiger partial charge in [-0.2, -0.15) is 13.2 Å². The Kier molecular flexibility index (Phi) is 4.50. The molecule has 2 N–H and O–H groups in total. The second-order valence-electron chi connectivity index (χ2n) is 6.07. The number of carbonyl (C=O) groups excluding carboxylic acids is 1. The molecule has 12 heteroatoms. The van der Waals surface area contributed by atoms with E-state index in [2.05, 4.69) is 4.98 Å². The van der Waals surface area contributed by atoms with Crippen LogP contribution in [-0.4, -0.2) is 48.0 Å². The lowest BCUT2D eigenvalue weighted by Crippen LogP contribution is -2.50. The lowest BCUT2D eigenvalue weighted by Gasteiger charge is -2.39. The summed E-state index contributed by atoms with van der Waals surface area (Å²) in [6.45, 7) is -0.416. The van der Waals surface area contributed by atoms with Crippen LogP contribution < -0.4 is 15.4 Å². The number of fused-ring (bicyclic) bond motifs is 1. The highest BCUT2D eigenvalue weighted by atomic mass is 19.4. The number of nitro groups is 1. The zero-order chi connectivity index (χ0) is 19.1. The standard InChI is InChI=1S/C14H15F3N4O5/c15-14(16,17)7-3-8(26-13(18)22)6-20(5-7)11-9-1-2-25-12(9)19-4-10(11)21(23)24/h4,7-8H,1-3,5-6H2,(H2,18,22)/t7-,8+/m1/s1. The third-order valence-electron chi connectivity index (χ3n) is 4.35. The number of nitrogens with two attached hydrogens (primary N) is 1. The van der Waals surface area contributed by atoms with Crippen LogP contribution in [0.4, 0.5) is 29.3 Å². The number of halogens is 3. The topological polar surface area (TPSA) is 121 Å². The number of hydrogen-bond acceptors (Lipinski definition) is 7. The van der Waals surface area contributed by atoms with Crippen molar-refractivity contribution in [1.29, 1.82) is 0 Å². The lowest BCUT2D eigenvalue weighted by atomic mass is 9.94. The maximum atomic E-state index is 13.3. The molecule has 1 saturated heterocycles. The first kappa shape index (κ1) is 18.0. The molecule has 0 aromatic carbocycles. The van der Waals surface area contributed by atoms with Gasteiger partial charge in [-0.3, -0.25) is 10.1 Å². The van der Waals surface area contributed by atoms with Gasteiger partial charge in [-0.25, -0.2) is 9.78 Å². The zero-order valence-electron chi connectivity index (χ0n) is 13.4. The first-order valence-electron chi connectivity index (χ1n) is 7.73. The predicted molar refractivity (Wildman–Crippen MR) is 80.9 cm³/mol. The normalized spacial score (nSPS) is 22.5. The van der Waals surface area contributed by atoms with E-state index in [1.54, 1.807) is 0 Å². The summed E-state index contributed by atoms with van der Waals surface area (Å²) in [6, 6.07) is 0. The molecule has 3 rings (SSSR count). The molecule has 3 heterocycles. The molecule has 2 aliphatic heterocycles. The van der Waals surface area contributed by atoms with Gasteiger partial charge in [0.25, 0.3) is 0 Å². The number of ether oxygens (including phenoxy) is 2. The van der Waals surface area contributed by atoms with E-state index in [1.807, 2.05) is 0 Å². The Balaban J connectivity index is 2.02. The third kappa shape index (κ3) is 3.44. The summed E-state index contributed by atoms with van der Waals surface area (Å²) in [4.78, 5) is 26.7. The Hall–Kier alpha value is -2.79. The molecule has 1 amide bonds. The number of aromatic nitrogens is 1. The fourth-order valence-corrected chi connectivity index (χ4v) is 3.32. The summed E-state index contributed by atoms with van der Waals surface area (Å²) in [5.74, 6) is -1.67. The first-order chi connectivity index (χ1) is 12.2. The SMILES string of the molecule is NC(=O)O[C@H]1C[C@@H](C(F)(F)F)CN(c2c([N+](=O)[O-])cnc3c2CCO3)C1. The number of nitrogens with zero attached hydrogens (tertiary/aromatic N) is 3. The number of piperidine rings is 1. The van der Waals surface area contributed by atoms with Crippen LogP contribution in [0.5, 0.6) is 5.88 Å². The molecule has 0 aliphatic carbocycles. The number of rotatable bonds is 3. The van der Waals surface area contributed by atoms with Gasteiger partial charge in [0.1, 0.15) is 18.0 Å². The monoisotopic (exact) mass is 376 g/mol. The van der Waals surface area contributed by atoms with Gasteiger partial charge in [0.2, 0.25) is 5.88 Å². The minimum Gasteiger partial charge on any atom is -0.477 e. The van der Waals surface area contributed by atoms with Crippen LogP contribution in [0.1, 0.15) is 12.0 Å². The van der Waals surface area contributed by atoms with E-state index in [1.165, 1.54) is 4.90 Å². The molecular formula is C14H15F3N4O5. The summed E-state index contributed by atoms with van der Waals surface area (Å²) in [5, 5.41) is 11.4. The van der Waals surface area contributed by atoms with Gasteiger partial charge in [-0.15, -0.1) is 0 Å². The minimum atomic E-state index is -4.56. The molecule has 2 aliphatic rings. The van der Waals surface area contributed by atoms with Gasteiger partial charge in [0.15, 0.2) is 0 Å². The van der Waals surface area contributed by atoms with E-state index in [9.17, 15) is 28.1 Å². The molecule has 0 saturated carbocycles. The summed E-state index contributed by atoms with van der Waals surface area (Å²) >= 11 is 0. The van der Waals surface area contributed by atoms with Gasteiger partial charge in [0, 0.05) is 18.5 Å². The number of alkyl halides is 3. The van der Waals surface area contributed by atoms with Crippen molar-refractivity contribution in [2.24, 2.45) is 11.7 Å². The Bertz CT molecular complexity index is 742. The van der Waals surface area contributed by atoms with Gasteiger partial charge in [-0.05, 0) is 6.42 Å². The maximum absolute atomic E-state index is 13.3. The molecule has 0 spiro atoms. The Morgan fingerprint density at radius 3 is 2.81 bits per heavy atom. The molecule has 142 valence electrons. The van der Waals surface area contributed by atoms with Crippen LogP contribution in [0.25, 0.3) is 0 Å². The van der Waals surface area contributed by atoms with Gasteiger partial charge >= 0.3 is 18.0 Å². The van der Waals surface area contributed by atoms with Crippen LogP contribution in [0.15, 0.2) is 6.20 Å². The molecular weight excluding hydrogens is 361 g/mol. The molecule has 2 atom stereocenters. The number of amides is 1. The fourth-order valence-electron chi connectivity index (χ4n) is 3.32. The van der Waals surface area contributed by atoms with Crippen molar-refractivity contribution in [2.75, 3.05) is 24.6 Å². The lowest BCUT2D eigenvalue weighted by molar-refractivity contribution is -0.384. The van der Waals surface area contributed by atoms with Gasteiger partial charge in [-0.1, -0.05) is 0 Å². The highest BCUT2D eigenvalue weighted by molar-refractivity contribution is 5.71. The van der Waals surface area contributed by atoms with E-state index in [0.29, 0.717) is 5.56 Å². The van der Waals surface area contributed by atoms with Gasteiger partial charge < -0.3 is 20.1 Å². The van der Waals surface area contributed by atoms with E-state index in [4.69, 9.17) is 15.2 Å². The van der Waals surface area contributed by atoms with Crippen molar-refractivity contribution in [1.82, 2.24) is 4.98 Å². The van der Waals surface area contributed by atoms with E-state index in [-0.39, 0.29) is 31.1 Å². The third-order valence-corrected chi connectivity index (χ3v) is 4.35. The van der Waals surface area contributed by atoms with Crippen LogP contribution >= 0.6 is 0 Å². The van der Waals surface area contributed by atoms with Crippen molar-refractivity contribution in [3.63, 3.8) is 0 Å². The second kappa shape index (κ2) is 6.50. The molecule has 1 aromatic rings. The number of pyridine rings is 1. The Morgan fingerprint density at radius 1 is 1.46 bits per heavy atom. The van der Waals surface area contributed by atoms with Crippen LogP contribution in [0, 0.1) is 16.0 Å². The highest BCUT2D eigenvalue weighted by Gasteiger charge is 2.47. The average molecular weight is 376 g/mol. The van der Waals surface area contributed by atoms with E-state index < -0.39 is 47.9 Å². The van der Waals surface area contributed by atoms with Crippen LogP contribution in [0.2, 0.25) is 0 Å². The molecule has 0 bridgehead atoms.